The van der Waals surface area contributed by atoms with Crippen molar-refractivity contribution < 1.29 is 9.63 Å². The Balaban J connectivity index is 1.15. The third-order valence-electron chi connectivity index (χ3n) is 11.9. The van der Waals surface area contributed by atoms with Gasteiger partial charge in [0.2, 0.25) is 5.78 Å². The van der Waals surface area contributed by atoms with E-state index in [2.05, 4.69) is 115 Å². The predicted octanol–water partition coefficient (Wildman–Crippen LogP) is 12.3. The molecule has 4 nitrogen and oxygen atoms in total. The van der Waals surface area contributed by atoms with E-state index >= 15 is 0 Å². The zero-order chi connectivity index (χ0) is 36.6. The number of fused-ring (bicyclic) bond motifs is 6. The van der Waals surface area contributed by atoms with Gasteiger partial charge in [-0.2, -0.15) is 0 Å². The third kappa shape index (κ3) is 6.34. The molecule has 2 aliphatic rings. The van der Waals surface area contributed by atoms with E-state index in [-0.39, 0.29) is 5.78 Å². The van der Waals surface area contributed by atoms with Crippen LogP contribution in [0, 0.1) is 12.8 Å². The van der Waals surface area contributed by atoms with E-state index in [1.165, 1.54) is 73.8 Å². The van der Waals surface area contributed by atoms with Crippen molar-refractivity contribution in [3.63, 3.8) is 0 Å². The summed E-state index contributed by atoms with van der Waals surface area (Å²) in [5, 5.41) is 6.81. The van der Waals surface area contributed by atoms with Crippen molar-refractivity contribution in [1.82, 2.24) is 4.57 Å². The lowest BCUT2D eigenvalue weighted by atomic mass is 9.87. The Hall–Kier alpha value is -5.74. The van der Waals surface area contributed by atoms with E-state index < -0.39 is 0 Å². The molecule has 0 saturated heterocycles. The van der Waals surface area contributed by atoms with Crippen LogP contribution in [0.1, 0.15) is 82.8 Å². The number of rotatable bonds is 11. The minimum Gasteiger partial charge on any atom is -0.391 e. The third-order valence-corrected chi connectivity index (χ3v) is 11.9. The van der Waals surface area contributed by atoms with Gasteiger partial charge in [-0.05, 0) is 125 Å². The first-order valence-corrected chi connectivity index (χ1v) is 19.7. The first kappa shape index (κ1) is 34.1. The number of aryl methyl sites for hydroxylation is 2. The fourth-order valence-corrected chi connectivity index (χ4v) is 9.11. The number of oxime groups is 1. The predicted molar refractivity (Wildman–Crippen MR) is 222 cm³/mol. The van der Waals surface area contributed by atoms with Crippen LogP contribution in [0.25, 0.3) is 44.1 Å². The Bertz CT molecular complexity index is 2550. The fraction of sp³-hybridized carbons (Fsp3) is 0.240. The van der Waals surface area contributed by atoms with Crippen LogP contribution in [-0.4, -0.2) is 16.1 Å². The highest BCUT2D eigenvalue weighted by Crippen LogP contribution is 2.45. The summed E-state index contributed by atoms with van der Waals surface area (Å²) in [6, 6.07) is 45.5. The molecule has 268 valence electrons. The van der Waals surface area contributed by atoms with Crippen LogP contribution in [-0.2, 0) is 30.8 Å². The molecule has 0 unspecified atom stereocenters. The summed E-state index contributed by atoms with van der Waals surface area (Å²) in [7, 11) is 0. The molecule has 0 spiro atoms. The second-order valence-corrected chi connectivity index (χ2v) is 15.3. The molecule has 6 aromatic carbocycles. The van der Waals surface area contributed by atoms with Crippen molar-refractivity contribution in [3.8, 4) is 22.3 Å². The normalized spacial score (nSPS) is 14.1. The number of ketones is 1. The molecule has 1 fully saturated rings. The first-order chi connectivity index (χ1) is 26.6. The van der Waals surface area contributed by atoms with Gasteiger partial charge in [0.25, 0.3) is 0 Å². The van der Waals surface area contributed by atoms with Crippen molar-refractivity contribution in [1.29, 1.82) is 0 Å². The largest absolute Gasteiger partial charge is 0.391 e. The maximum atomic E-state index is 14.4. The highest BCUT2D eigenvalue weighted by atomic mass is 16.6. The Kier molecular flexibility index (Phi) is 9.20. The minimum atomic E-state index is -0.0374. The van der Waals surface area contributed by atoms with Crippen molar-refractivity contribution >= 4 is 33.3 Å². The monoisotopic (exact) mass is 706 g/mol. The fourth-order valence-electron chi connectivity index (χ4n) is 9.11. The van der Waals surface area contributed by atoms with Crippen LogP contribution in [0.5, 0.6) is 0 Å². The number of hydrogen-bond acceptors (Lipinski definition) is 3. The van der Waals surface area contributed by atoms with Crippen molar-refractivity contribution in [2.75, 3.05) is 0 Å². The number of aromatic nitrogens is 1. The van der Waals surface area contributed by atoms with E-state index in [0.29, 0.717) is 30.2 Å². The standard InChI is InChI=1S/C50H46N2O2/c1-3-52-47-25-22-39(49-38(28-36-18-10-7-13-33(36)2)21-24-42-41-20-12-11-19-37(41)29-45(42)49)30-43(47)44-31-40(23-26-48(44)52)50(53)46(27-34-14-8-9-15-34)51-54-32-35-16-5-4-6-17-35/h4-7,10-13,16-26,30-31,34H,3,8-9,14-15,27-29,32H2,1-2H3. The van der Waals surface area contributed by atoms with Gasteiger partial charge >= 0.3 is 0 Å². The highest BCUT2D eigenvalue weighted by Gasteiger charge is 2.26. The molecule has 4 heteroatoms. The minimum absolute atomic E-state index is 0.0374. The van der Waals surface area contributed by atoms with Gasteiger partial charge in [-0.25, -0.2) is 0 Å². The Morgan fingerprint density at radius 3 is 2.31 bits per heavy atom. The summed E-state index contributed by atoms with van der Waals surface area (Å²) in [5.74, 6) is 0.429. The van der Waals surface area contributed by atoms with Crippen LogP contribution in [0.15, 0.2) is 133 Å². The molecular weight excluding hydrogens is 661 g/mol. The van der Waals surface area contributed by atoms with Crippen LogP contribution >= 0.6 is 0 Å². The molecule has 54 heavy (non-hydrogen) atoms. The van der Waals surface area contributed by atoms with Gasteiger partial charge in [-0.3, -0.25) is 4.79 Å². The van der Waals surface area contributed by atoms with Crippen LogP contribution < -0.4 is 0 Å². The van der Waals surface area contributed by atoms with Gasteiger partial charge in [0, 0.05) is 33.9 Å². The summed E-state index contributed by atoms with van der Waals surface area (Å²) < 4.78 is 2.37. The Morgan fingerprint density at radius 2 is 1.50 bits per heavy atom. The van der Waals surface area contributed by atoms with E-state index in [9.17, 15) is 4.79 Å². The van der Waals surface area contributed by atoms with Crippen LogP contribution in [0.4, 0.5) is 0 Å². The van der Waals surface area contributed by atoms with Crippen LogP contribution in [0.3, 0.4) is 0 Å². The number of nitrogens with zero attached hydrogens (tertiary/aromatic N) is 2. The van der Waals surface area contributed by atoms with Crippen molar-refractivity contribution in [3.05, 3.63) is 166 Å². The molecule has 0 radical (unpaired) electrons. The maximum absolute atomic E-state index is 14.4. The van der Waals surface area contributed by atoms with Gasteiger partial charge in [0.05, 0.1) is 0 Å². The molecule has 1 aromatic heterocycles. The Labute approximate surface area is 318 Å². The molecule has 0 amide bonds. The zero-order valence-corrected chi connectivity index (χ0v) is 31.3. The average molecular weight is 707 g/mol. The second-order valence-electron chi connectivity index (χ2n) is 15.3. The molecule has 0 N–H and O–H groups in total. The van der Waals surface area contributed by atoms with Gasteiger partial charge in [0.15, 0.2) is 0 Å². The van der Waals surface area contributed by atoms with Crippen LogP contribution in [0.2, 0.25) is 0 Å². The van der Waals surface area contributed by atoms with Crippen molar-refractivity contribution in [2.45, 2.75) is 71.9 Å². The van der Waals surface area contributed by atoms with E-state index in [1.54, 1.807) is 0 Å². The van der Waals surface area contributed by atoms with E-state index in [0.717, 1.165) is 48.7 Å². The molecular formula is C50H46N2O2. The van der Waals surface area contributed by atoms with Gasteiger partial charge in [-0.1, -0.05) is 128 Å². The molecule has 1 heterocycles. The topological polar surface area (TPSA) is 43.6 Å². The SMILES string of the molecule is CCn1c2ccc(C(=O)C(CC3CCCC3)=NOCc3ccccc3)cc2c2cc(-c3c(Cc4ccccc4C)ccc4c3Cc3ccccc3-4)ccc21. The lowest BCUT2D eigenvalue weighted by Gasteiger charge is -2.17. The summed E-state index contributed by atoms with van der Waals surface area (Å²) in [5.41, 5.74) is 16.6. The molecule has 1 saturated carbocycles. The second kappa shape index (κ2) is 14.6. The Morgan fingerprint density at radius 1 is 0.759 bits per heavy atom. The summed E-state index contributed by atoms with van der Waals surface area (Å²) >= 11 is 0. The van der Waals surface area contributed by atoms with Gasteiger partial charge in [0.1, 0.15) is 12.3 Å². The highest BCUT2D eigenvalue weighted by molar-refractivity contribution is 6.46. The number of Topliss-reactive ketones (excluding diaryl/α,β-unsaturated/α-hetero) is 1. The molecule has 0 atom stereocenters. The van der Waals surface area contributed by atoms with E-state index in [4.69, 9.17) is 4.84 Å². The summed E-state index contributed by atoms with van der Waals surface area (Å²) in [6.45, 7) is 5.59. The summed E-state index contributed by atoms with van der Waals surface area (Å²) in [6.07, 6.45) is 7.14. The number of carbonyl (C=O) groups is 1. The number of benzene rings is 6. The molecule has 0 bridgehead atoms. The smallest absolute Gasteiger partial charge is 0.210 e. The van der Waals surface area contributed by atoms with Gasteiger partial charge in [-0.15, -0.1) is 0 Å². The summed E-state index contributed by atoms with van der Waals surface area (Å²) in [4.78, 5) is 20.2. The van der Waals surface area contributed by atoms with Crippen molar-refractivity contribution in [2.24, 2.45) is 11.1 Å². The lowest BCUT2D eigenvalue weighted by molar-refractivity contribution is 0.102. The first-order valence-electron chi connectivity index (χ1n) is 19.7. The lowest BCUT2D eigenvalue weighted by Crippen LogP contribution is -2.18. The van der Waals surface area contributed by atoms with E-state index in [1.807, 2.05) is 36.4 Å². The average Bonchev–Trinajstić information content (AvgIpc) is 3.94. The number of carbonyl (C=O) groups excluding carboxylic acids is 1. The zero-order valence-electron chi connectivity index (χ0n) is 31.3. The number of hydrogen-bond donors (Lipinski definition) is 0. The molecule has 9 rings (SSSR count). The molecule has 2 aliphatic carbocycles. The molecule has 0 aliphatic heterocycles. The maximum Gasteiger partial charge on any atom is 0.210 e. The quantitative estimate of drug-likeness (QED) is 0.0763. The van der Waals surface area contributed by atoms with Gasteiger partial charge < -0.3 is 9.40 Å². The molecule has 7 aromatic rings.